The standard InChI is InChI=1S/C12H21NO2/c1-5-6-7-8-9-10-13-11(14)15-12(2,3)4/h7-10H2,1-4H3,(H,13,14). The Kier molecular flexibility index (Phi) is 6.61. The van der Waals surface area contributed by atoms with Gasteiger partial charge < -0.3 is 10.1 Å². The lowest BCUT2D eigenvalue weighted by molar-refractivity contribution is 0.0527. The van der Waals surface area contributed by atoms with Crippen molar-refractivity contribution in [1.29, 1.82) is 0 Å². The SMILES string of the molecule is CC#CCCCCNC(=O)OC(C)(C)C. The van der Waals surface area contributed by atoms with Crippen molar-refractivity contribution in [1.82, 2.24) is 5.32 Å². The third-order valence-corrected chi connectivity index (χ3v) is 1.57. The minimum atomic E-state index is -0.419. The molecule has 0 saturated heterocycles. The molecule has 0 aliphatic carbocycles. The largest absolute Gasteiger partial charge is 0.444 e. The molecule has 0 aromatic carbocycles. The molecule has 0 rings (SSSR count). The molecule has 0 aliphatic heterocycles. The van der Waals surface area contributed by atoms with Gasteiger partial charge in [0.05, 0.1) is 0 Å². The van der Waals surface area contributed by atoms with Gasteiger partial charge in [-0.1, -0.05) is 0 Å². The Morgan fingerprint density at radius 3 is 2.53 bits per heavy atom. The summed E-state index contributed by atoms with van der Waals surface area (Å²) >= 11 is 0. The van der Waals surface area contributed by atoms with Gasteiger partial charge in [-0.05, 0) is 40.5 Å². The van der Waals surface area contributed by atoms with E-state index in [4.69, 9.17) is 4.74 Å². The highest BCUT2D eigenvalue weighted by atomic mass is 16.6. The summed E-state index contributed by atoms with van der Waals surface area (Å²) in [6, 6.07) is 0. The van der Waals surface area contributed by atoms with Crippen molar-refractivity contribution in [3.05, 3.63) is 0 Å². The number of hydrogen-bond acceptors (Lipinski definition) is 2. The number of unbranched alkanes of at least 4 members (excludes halogenated alkanes) is 2. The molecule has 0 heterocycles. The molecule has 0 fully saturated rings. The van der Waals surface area contributed by atoms with Crippen LogP contribution in [0.1, 0.15) is 47.0 Å². The highest BCUT2D eigenvalue weighted by Crippen LogP contribution is 2.06. The van der Waals surface area contributed by atoms with Crippen molar-refractivity contribution >= 4 is 6.09 Å². The molecule has 1 amide bonds. The van der Waals surface area contributed by atoms with E-state index in [-0.39, 0.29) is 6.09 Å². The predicted molar refractivity (Wildman–Crippen MR) is 61.5 cm³/mol. The first-order valence-electron chi connectivity index (χ1n) is 5.32. The third kappa shape index (κ3) is 10.8. The Labute approximate surface area is 92.6 Å². The number of ether oxygens (including phenoxy) is 1. The number of alkyl carbamates (subject to hydrolysis) is 1. The fourth-order valence-corrected chi connectivity index (χ4v) is 0.968. The molecular weight excluding hydrogens is 190 g/mol. The molecule has 0 saturated carbocycles. The van der Waals surface area contributed by atoms with E-state index in [1.54, 1.807) is 0 Å². The smallest absolute Gasteiger partial charge is 0.407 e. The molecule has 0 bridgehead atoms. The zero-order chi connectivity index (χ0) is 11.7. The number of rotatable bonds is 4. The average molecular weight is 211 g/mol. The summed E-state index contributed by atoms with van der Waals surface area (Å²) < 4.78 is 5.09. The molecule has 3 nitrogen and oxygen atoms in total. The number of carbonyl (C=O) groups is 1. The van der Waals surface area contributed by atoms with Crippen molar-refractivity contribution in [3.63, 3.8) is 0 Å². The van der Waals surface area contributed by atoms with Crippen LogP contribution in [0.25, 0.3) is 0 Å². The Morgan fingerprint density at radius 2 is 2.00 bits per heavy atom. The number of hydrogen-bond donors (Lipinski definition) is 1. The van der Waals surface area contributed by atoms with Crippen LogP contribution in [0.15, 0.2) is 0 Å². The number of amides is 1. The van der Waals surface area contributed by atoms with Gasteiger partial charge in [0, 0.05) is 13.0 Å². The molecule has 0 aliphatic rings. The maximum absolute atomic E-state index is 11.2. The molecule has 0 spiro atoms. The van der Waals surface area contributed by atoms with Gasteiger partial charge >= 0.3 is 6.09 Å². The summed E-state index contributed by atoms with van der Waals surface area (Å²) in [6.45, 7) is 8.04. The van der Waals surface area contributed by atoms with Gasteiger partial charge in [-0.3, -0.25) is 0 Å². The monoisotopic (exact) mass is 211 g/mol. The van der Waals surface area contributed by atoms with Crippen molar-refractivity contribution in [2.75, 3.05) is 6.54 Å². The first-order valence-corrected chi connectivity index (χ1v) is 5.32. The van der Waals surface area contributed by atoms with Gasteiger partial charge in [0.2, 0.25) is 0 Å². The summed E-state index contributed by atoms with van der Waals surface area (Å²) in [5.41, 5.74) is -0.419. The topological polar surface area (TPSA) is 38.3 Å². The van der Waals surface area contributed by atoms with Crippen molar-refractivity contribution in [3.8, 4) is 11.8 Å². The molecule has 0 atom stereocenters. The quantitative estimate of drug-likeness (QED) is 0.573. The summed E-state index contributed by atoms with van der Waals surface area (Å²) in [5.74, 6) is 5.82. The predicted octanol–water partition coefficient (Wildman–Crippen LogP) is 2.70. The lowest BCUT2D eigenvalue weighted by Gasteiger charge is -2.19. The van der Waals surface area contributed by atoms with Gasteiger partial charge in [-0.25, -0.2) is 4.79 Å². The molecule has 15 heavy (non-hydrogen) atoms. The number of carbonyl (C=O) groups excluding carboxylic acids is 1. The lowest BCUT2D eigenvalue weighted by atomic mass is 10.2. The zero-order valence-electron chi connectivity index (χ0n) is 10.1. The molecule has 3 heteroatoms. The van der Waals surface area contributed by atoms with Crippen molar-refractivity contribution < 1.29 is 9.53 Å². The molecule has 0 aromatic heterocycles. The van der Waals surface area contributed by atoms with Gasteiger partial charge in [0.25, 0.3) is 0 Å². The van der Waals surface area contributed by atoms with E-state index in [0.29, 0.717) is 6.54 Å². The molecule has 0 aromatic rings. The highest BCUT2D eigenvalue weighted by molar-refractivity contribution is 5.67. The second kappa shape index (κ2) is 7.17. The maximum Gasteiger partial charge on any atom is 0.407 e. The van der Waals surface area contributed by atoms with Crippen molar-refractivity contribution in [2.24, 2.45) is 0 Å². The van der Waals surface area contributed by atoms with Crippen LogP contribution >= 0.6 is 0 Å². The van der Waals surface area contributed by atoms with Crippen LogP contribution in [0.5, 0.6) is 0 Å². The van der Waals surface area contributed by atoms with E-state index in [9.17, 15) is 4.79 Å². The third-order valence-electron chi connectivity index (χ3n) is 1.57. The van der Waals surface area contributed by atoms with E-state index in [0.717, 1.165) is 19.3 Å². The Morgan fingerprint density at radius 1 is 1.33 bits per heavy atom. The number of nitrogens with one attached hydrogen (secondary N) is 1. The van der Waals surface area contributed by atoms with Gasteiger partial charge in [-0.15, -0.1) is 11.8 Å². The van der Waals surface area contributed by atoms with Gasteiger partial charge in [0.15, 0.2) is 0 Å². The Balaban J connectivity index is 3.42. The van der Waals surface area contributed by atoms with Crippen LogP contribution in [0, 0.1) is 11.8 Å². The maximum atomic E-state index is 11.2. The van der Waals surface area contributed by atoms with E-state index in [2.05, 4.69) is 17.2 Å². The van der Waals surface area contributed by atoms with Gasteiger partial charge in [-0.2, -0.15) is 0 Å². The van der Waals surface area contributed by atoms with Crippen molar-refractivity contribution in [2.45, 2.75) is 52.6 Å². The van der Waals surface area contributed by atoms with Gasteiger partial charge in [0.1, 0.15) is 5.60 Å². The second-order valence-electron chi connectivity index (χ2n) is 4.31. The highest BCUT2D eigenvalue weighted by Gasteiger charge is 2.15. The Hall–Kier alpha value is -1.17. The first kappa shape index (κ1) is 13.8. The molecule has 1 N–H and O–H groups in total. The summed E-state index contributed by atoms with van der Waals surface area (Å²) in [5, 5.41) is 2.71. The summed E-state index contributed by atoms with van der Waals surface area (Å²) in [7, 11) is 0. The normalized spacial score (nSPS) is 10.1. The van der Waals surface area contributed by atoms with E-state index in [1.807, 2.05) is 27.7 Å². The molecular formula is C12H21NO2. The first-order chi connectivity index (χ1) is 6.95. The zero-order valence-corrected chi connectivity index (χ0v) is 10.1. The second-order valence-corrected chi connectivity index (χ2v) is 4.31. The fraction of sp³-hybridized carbons (Fsp3) is 0.750. The fourth-order valence-electron chi connectivity index (χ4n) is 0.968. The molecule has 0 radical (unpaired) electrons. The van der Waals surface area contributed by atoms with Crippen LogP contribution in [-0.4, -0.2) is 18.2 Å². The average Bonchev–Trinajstić information content (AvgIpc) is 2.08. The summed E-state index contributed by atoms with van der Waals surface area (Å²) in [6.07, 6.45) is 2.50. The minimum absolute atomic E-state index is 0.343. The van der Waals surface area contributed by atoms with Crippen LogP contribution in [0.3, 0.4) is 0 Å². The van der Waals surface area contributed by atoms with E-state index < -0.39 is 5.60 Å². The lowest BCUT2D eigenvalue weighted by Crippen LogP contribution is -2.32. The Bertz CT molecular complexity index is 243. The van der Waals surface area contributed by atoms with Crippen LogP contribution in [0.2, 0.25) is 0 Å². The molecule has 86 valence electrons. The van der Waals surface area contributed by atoms with E-state index in [1.165, 1.54) is 0 Å². The van der Waals surface area contributed by atoms with Crippen LogP contribution in [-0.2, 0) is 4.74 Å². The molecule has 0 unspecified atom stereocenters. The van der Waals surface area contributed by atoms with Crippen LogP contribution in [0.4, 0.5) is 4.79 Å². The van der Waals surface area contributed by atoms with Crippen LogP contribution < -0.4 is 5.32 Å². The summed E-state index contributed by atoms with van der Waals surface area (Å²) in [4.78, 5) is 11.2. The minimum Gasteiger partial charge on any atom is -0.444 e. The van der Waals surface area contributed by atoms with E-state index >= 15 is 0 Å².